The Bertz CT molecular complexity index is 725. The highest BCUT2D eigenvalue weighted by atomic mass is 16.5. The van der Waals surface area contributed by atoms with Crippen LogP contribution < -0.4 is 9.80 Å². The maximum absolute atomic E-state index is 12.5. The number of hydrogen-bond acceptors (Lipinski definition) is 7. The van der Waals surface area contributed by atoms with E-state index in [1.807, 2.05) is 17.0 Å². The van der Waals surface area contributed by atoms with Gasteiger partial charge in [-0.25, -0.2) is 0 Å². The number of pyridine rings is 1. The topological polar surface area (TPSA) is 74.7 Å². The molecule has 2 aromatic heterocycles. The normalized spacial score (nSPS) is 18.1. The second kappa shape index (κ2) is 7.65. The molecular weight excluding hydrogens is 332 g/mol. The average molecular weight is 354 g/mol. The third-order valence-electron chi connectivity index (χ3n) is 4.79. The van der Waals surface area contributed by atoms with Crippen molar-refractivity contribution in [1.82, 2.24) is 20.1 Å². The summed E-state index contributed by atoms with van der Waals surface area (Å²) in [6, 6.07) is 7.54. The molecule has 136 valence electrons. The number of carbonyl (C=O) groups excluding carboxylic acids is 1. The number of piperazine rings is 1. The first-order valence-corrected chi connectivity index (χ1v) is 8.92. The standard InChI is InChI=1S/C18H22N6O2/c25-18(15-3-5-19-6-4-15)24-9-7-22(8-10-24)16-1-2-17(21-20-16)23-11-13-26-14-12-23/h1-6H,7-14H2. The quantitative estimate of drug-likeness (QED) is 0.802. The predicted molar refractivity (Wildman–Crippen MR) is 97.4 cm³/mol. The molecule has 0 spiro atoms. The van der Waals surface area contributed by atoms with E-state index in [2.05, 4.69) is 25.0 Å². The molecule has 0 aliphatic carbocycles. The van der Waals surface area contributed by atoms with E-state index in [1.165, 1.54) is 0 Å². The molecule has 1 amide bonds. The summed E-state index contributed by atoms with van der Waals surface area (Å²) in [6.07, 6.45) is 3.30. The zero-order valence-electron chi connectivity index (χ0n) is 14.6. The number of amides is 1. The van der Waals surface area contributed by atoms with E-state index in [4.69, 9.17) is 4.74 Å². The molecule has 4 heterocycles. The first-order chi connectivity index (χ1) is 12.8. The van der Waals surface area contributed by atoms with Gasteiger partial charge in [0.25, 0.3) is 5.91 Å². The fraction of sp³-hybridized carbons (Fsp3) is 0.444. The van der Waals surface area contributed by atoms with Crippen LogP contribution in [0.25, 0.3) is 0 Å². The average Bonchev–Trinajstić information content (AvgIpc) is 2.75. The molecule has 2 fully saturated rings. The van der Waals surface area contributed by atoms with Gasteiger partial charge in [0.1, 0.15) is 0 Å². The summed E-state index contributed by atoms with van der Waals surface area (Å²) < 4.78 is 5.37. The molecule has 0 unspecified atom stereocenters. The van der Waals surface area contributed by atoms with Gasteiger partial charge in [-0.15, -0.1) is 10.2 Å². The molecule has 8 heteroatoms. The van der Waals surface area contributed by atoms with Gasteiger partial charge >= 0.3 is 0 Å². The Morgan fingerprint density at radius 2 is 1.38 bits per heavy atom. The molecule has 2 aliphatic heterocycles. The van der Waals surface area contributed by atoms with E-state index >= 15 is 0 Å². The van der Waals surface area contributed by atoms with Gasteiger partial charge in [0, 0.05) is 57.2 Å². The lowest BCUT2D eigenvalue weighted by molar-refractivity contribution is 0.0746. The zero-order chi connectivity index (χ0) is 17.8. The van der Waals surface area contributed by atoms with Gasteiger partial charge in [-0.1, -0.05) is 0 Å². The Kier molecular flexibility index (Phi) is 4.92. The molecule has 0 bridgehead atoms. The van der Waals surface area contributed by atoms with Crippen LogP contribution in [-0.4, -0.2) is 78.5 Å². The van der Waals surface area contributed by atoms with Crippen molar-refractivity contribution in [3.05, 3.63) is 42.2 Å². The lowest BCUT2D eigenvalue weighted by Gasteiger charge is -2.35. The lowest BCUT2D eigenvalue weighted by atomic mass is 10.2. The zero-order valence-corrected chi connectivity index (χ0v) is 14.6. The molecular formula is C18H22N6O2. The number of nitrogens with zero attached hydrogens (tertiary/aromatic N) is 6. The van der Waals surface area contributed by atoms with Crippen LogP contribution in [0, 0.1) is 0 Å². The van der Waals surface area contributed by atoms with Crippen molar-refractivity contribution < 1.29 is 9.53 Å². The number of hydrogen-bond donors (Lipinski definition) is 0. The van der Waals surface area contributed by atoms with Gasteiger partial charge in [0.15, 0.2) is 11.6 Å². The van der Waals surface area contributed by atoms with E-state index in [0.29, 0.717) is 18.7 Å². The van der Waals surface area contributed by atoms with Gasteiger partial charge in [0.2, 0.25) is 0 Å². The molecule has 8 nitrogen and oxygen atoms in total. The first-order valence-electron chi connectivity index (χ1n) is 8.92. The minimum Gasteiger partial charge on any atom is -0.378 e. The molecule has 0 radical (unpaired) electrons. The number of ether oxygens (including phenoxy) is 1. The van der Waals surface area contributed by atoms with Crippen molar-refractivity contribution in [3.8, 4) is 0 Å². The van der Waals surface area contributed by atoms with Crippen LogP contribution in [0.4, 0.5) is 11.6 Å². The van der Waals surface area contributed by atoms with Crippen LogP contribution >= 0.6 is 0 Å². The largest absolute Gasteiger partial charge is 0.378 e. The first kappa shape index (κ1) is 16.7. The molecule has 4 rings (SSSR count). The van der Waals surface area contributed by atoms with Crippen LogP contribution in [-0.2, 0) is 4.74 Å². The van der Waals surface area contributed by atoms with E-state index < -0.39 is 0 Å². The van der Waals surface area contributed by atoms with Crippen LogP contribution in [0.1, 0.15) is 10.4 Å². The van der Waals surface area contributed by atoms with Gasteiger partial charge in [0.05, 0.1) is 13.2 Å². The van der Waals surface area contributed by atoms with Crippen molar-refractivity contribution in [3.63, 3.8) is 0 Å². The SMILES string of the molecule is O=C(c1ccncc1)N1CCN(c2ccc(N3CCOCC3)nn2)CC1. The maximum Gasteiger partial charge on any atom is 0.254 e. The molecule has 0 N–H and O–H groups in total. The minimum atomic E-state index is 0.0563. The second-order valence-electron chi connectivity index (χ2n) is 6.36. The molecule has 0 saturated carbocycles. The highest BCUT2D eigenvalue weighted by Crippen LogP contribution is 2.18. The van der Waals surface area contributed by atoms with Crippen LogP contribution in [0.3, 0.4) is 0 Å². The fourth-order valence-electron chi connectivity index (χ4n) is 3.26. The molecule has 2 aromatic rings. The number of morpholine rings is 1. The molecule has 2 aliphatic rings. The van der Waals surface area contributed by atoms with Crippen molar-refractivity contribution in [1.29, 1.82) is 0 Å². The maximum atomic E-state index is 12.5. The molecule has 2 saturated heterocycles. The van der Waals surface area contributed by atoms with Crippen LogP contribution in [0.2, 0.25) is 0 Å². The van der Waals surface area contributed by atoms with Gasteiger partial charge in [-0.2, -0.15) is 0 Å². The summed E-state index contributed by atoms with van der Waals surface area (Å²) in [5, 5.41) is 8.76. The Hall–Kier alpha value is -2.74. The van der Waals surface area contributed by atoms with Crippen LogP contribution in [0.5, 0.6) is 0 Å². The monoisotopic (exact) mass is 354 g/mol. The highest BCUT2D eigenvalue weighted by Gasteiger charge is 2.23. The number of anilines is 2. The van der Waals surface area contributed by atoms with Crippen molar-refractivity contribution in [2.24, 2.45) is 0 Å². The fourth-order valence-corrected chi connectivity index (χ4v) is 3.26. The van der Waals surface area contributed by atoms with E-state index in [1.54, 1.807) is 24.5 Å². The van der Waals surface area contributed by atoms with E-state index in [0.717, 1.165) is 51.0 Å². The van der Waals surface area contributed by atoms with Gasteiger partial charge in [-0.05, 0) is 24.3 Å². The predicted octanol–water partition coefficient (Wildman–Crippen LogP) is 0.671. The lowest BCUT2D eigenvalue weighted by Crippen LogP contribution is -2.49. The Labute approximate surface area is 152 Å². The van der Waals surface area contributed by atoms with Crippen LogP contribution in [0.15, 0.2) is 36.7 Å². The molecule has 0 atom stereocenters. The van der Waals surface area contributed by atoms with Crippen molar-refractivity contribution in [2.45, 2.75) is 0 Å². The summed E-state index contributed by atoms with van der Waals surface area (Å²) >= 11 is 0. The Morgan fingerprint density at radius 1 is 0.808 bits per heavy atom. The van der Waals surface area contributed by atoms with E-state index in [9.17, 15) is 4.79 Å². The Balaban J connectivity index is 1.35. The summed E-state index contributed by atoms with van der Waals surface area (Å²) in [7, 11) is 0. The molecule has 0 aromatic carbocycles. The number of carbonyl (C=O) groups is 1. The molecule has 26 heavy (non-hydrogen) atoms. The third kappa shape index (κ3) is 3.60. The highest BCUT2D eigenvalue weighted by molar-refractivity contribution is 5.94. The second-order valence-corrected chi connectivity index (χ2v) is 6.36. The summed E-state index contributed by atoms with van der Waals surface area (Å²) in [4.78, 5) is 22.7. The minimum absolute atomic E-state index is 0.0563. The Morgan fingerprint density at radius 3 is 1.96 bits per heavy atom. The summed E-state index contributed by atoms with van der Waals surface area (Å²) in [6.45, 7) is 6.02. The number of rotatable bonds is 3. The van der Waals surface area contributed by atoms with Crippen molar-refractivity contribution in [2.75, 3.05) is 62.3 Å². The van der Waals surface area contributed by atoms with Gasteiger partial charge in [-0.3, -0.25) is 9.78 Å². The third-order valence-corrected chi connectivity index (χ3v) is 4.79. The van der Waals surface area contributed by atoms with Gasteiger partial charge < -0.3 is 19.4 Å². The van der Waals surface area contributed by atoms with Crippen molar-refractivity contribution >= 4 is 17.5 Å². The number of aromatic nitrogens is 3. The summed E-state index contributed by atoms with van der Waals surface area (Å²) in [5.74, 6) is 1.81. The van der Waals surface area contributed by atoms with E-state index in [-0.39, 0.29) is 5.91 Å². The smallest absolute Gasteiger partial charge is 0.254 e. The summed E-state index contributed by atoms with van der Waals surface area (Å²) in [5.41, 5.74) is 0.683.